The number of phosphoric ester groups is 1. The Morgan fingerprint density at radius 3 is 2.59 bits per heavy atom. The second kappa shape index (κ2) is 7.59. The standard InChI is InChI=1S/C11H19N5O11P2/c1-15-3-16(8-5(15)9(19)14-11(12)13-8)10-7(18)6(17)4(26-10)2-25-29(23,24)27-28(20,21)22/h4,6-7,10,17-18H,2-3H2,1H3,(H,23,24)(H2,20,21,22)(H3,12,13,14,19)/t4-,6-,7-,10+/m0/s1. The lowest BCUT2D eigenvalue weighted by molar-refractivity contribution is -0.0217. The molecule has 0 amide bonds. The van der Waals surface area contributed by atoms with Crippen molar-refractivity contribution in [1.82, 2.24) is 9.97 Å². The molecule has 0 bridgehead atoms. The van der Waals surface area contributed by atoms with Crippen LogP contribution in [0.4, 0.5) is 17.5 Å². The number of hydrogen-bond donors (Lipinski definition) is 7. The first-order valence-corrected chi connectivity index (χ1v) is 10.9. The van der Waals surface area contributed by atoms with Gasteiger partial charge in [-0.15, -0.1) is 0 Å². The molecule has 3 heterocycles. The fourth-order valence-electron chi connectivity index (χ4n) is 3.03. The first-order chi connectivity index (χ1) is 13.3. The quantitative estimate of drug-likeness (QED) is 0.213. The predicted molar refractivity (Wildman–Crippen MR) is 94.6 cm³/mol. The summed E-state index contributed by atoms with van der Waals surface area (Å²) in [5, 5.41) is 20.5. The summed E-state index contributed by atoms with van der Waals surface area (Å²) in [6, 6.07) is 0. The normalized spacial score (nSPS) is 29.2. The minimum atomic E-state index is -5.32. The number of anilines is 3. The Hall–Kier alpha value is -1.58. The van der Waals surface area contributed by atoms with Gasteiger partial charge in [-0.2, -0.15) is 9.29 Å². The average molecular weight is 459 g/mol. The number of aromatic nitrogens is 2. The lowest BCUT2D eigenvalue weighted by Crippen LogP contribution is -2.45. The number of nitrogens with two attached hydrogens (primary N) is 1. The second-order valence-electron chi connectivity index (χ2n) is 6.32. The maximum absolute atomic E-state index is 12.1. The number of ether oxygens (including phenoxy) is 1. The minimum absolute atomic E-state index is 0.0384. The lowest BCUT2D eigenvalue weighted by atomic mass is 10.1. The molecular weight excluding hydrogens is 440 g/mol. The summed E-state index contributed by atoms with van der Waals surface area (Å²) < 4.78 is 35.8. The van der Waals surface area contributed by atoms with E-state index in [0.29, 0.717) is 0 Å². The molecule has 1 saturated heterocycles. The monoisotopic (exact) mass is 459 g/mol. The van der Waals surface area contributed by atoms with E-state index in [0.717, 1.165) is 0 Å². The fourth-order valence-corrected chi connectivity index (χ4v) is 4.63. The average Bonchev–Trinajstić information content (AvgIpc) is 3.01. The summed E-state index contributed by atoms with van der Waals surface area (Å²) in [6.07, 6.45) is -5.77. The zero-order valence-electron chi connectivity index (χ0n) is 14.7. The zero-order valence-corrected chi connectivity index (χ0v) is 16.5. The molecule has 16 nitrogen and oxygen atoms in total. The number of phosphoric acid groups is 2. The van der Waals surface area contributed by atoms with E-state index in [1.807, 2.05) is 0 Å². The van der Waals surface area contributed by atoms with Gasteiger partial charge in [-0.05, 0) is 0 Å². The molecule has 164 valence electrons. The van der Waals surface area contributed by atoms with E-state index in [1.165, 1.54) is 9.80 Å². The highest BCUT2D eigenvalue weighted by Crippen LogP contribution is 2.57. The van der Waals surface area contributed by atoms with Crippen LogP contribution in [-0.2, 0) is 22.7 Å². The van der Waals surface area contributed by atoms with Crippen molar-refractivity contribution in [2.45, 2.75) is 24.5 Å². The van der Waals surface area contributed by atoms with Crippen molar-refractivity contribution >= 4 is 33.1 Å². The van der Waals surface area contributed by atoms with Gasteiger partial charge < -0.3 is 45.2 Å². The van der Waals surface area contributed by atoms with Gasteiger partial charge in [0.15, 0.2) is 12.0 Å². The number of aromatic amines is 1. The second-order valence-corrected chi connectivity index (χ2v) is 9.15. The first-order valence-electron chi connectivity index (χ1n) is 7.92. The summed E-state index contributed by atoms with van der Waals surface area (Å²) in [5.74, 6) is -0.0954. The van der Waals surface area contributed by atoms with Gasteiger partial charge in [-0.25, -0.2) is 9.13 Å². The minimum Gasteiger partial charge on any atom is -0.387 e. The lowest BCUT2D eigenvalue weighted by Gasteiger charge is -2.27. The van der Waals surface area contributed by atoms with Gasteiger partial charge in [-0.1, -0.05) is 0 Å². The number of H-pyrrole nitrogens is 1. The maximum atomic E-state index is 12.1. The van der Waals surface area contributed by atoms with Crippen molar-refractivity contribution < 1.29 is 47.6 Å². The summed E-state index contributed by atoms with van der Waals surface area (Å²) in [6.45, 7) is -0.805. The number of nitrogens with one attached hydrogen (secondary N) is 1. The molecule has 2 aliphatic rings. The van der Waals surface area contributed by atoms with Crippen molar-refractivity contribution in [1.29, 1.82) is 0 Å². The third-order valence-corrected chi connectivity index (χ3v) is 6.32. The molecule has 29 heavy (non-hydrogen) atoms. The van der Waals surface area contributed by atoms with Gasteiger partial charge in [-0.3, -0.25) is 14.3 Å². The Labute approximate surface area is 162 Å². The molecule has 0 aromatic carbocycles. The van der Waals surface area contributed by atoms with Gasteiger partial charge >= 0.3 is 15.6 Å². The SMILES string of the molecule is CN1CN([C@@H]2O[C@@H](COP(=O)(O)OP(=O)(O)O)[C@H](O)[C@@H]2O)c2nc(N)[nH]c(=O)c21. The maximum Gasteiger partial charge on any atom is 0.481 e. The van der Waals surface area contributed by atoms with Crippen LogP contribution in [0.3, 0.4) is 0 Å². The van der Waals surface area contributed by atoms with Crippen molar-refractivity contribution in [2.24, 2.45) is 0 Å². The van der Waals surface area contributed by atoms with E-state index in [2.05, 4.69) is 18.8 Å². The Balaban J connectivity index is 1.75. The van der Waals surface area contributed by atoms with Gasteiger partial charge in [0, 0.05) is 7.05 Å². The van der Waals surface area contributed by atoms with E-state index in [9.17, 15) is 29.0 Å². The van der Waals surface area contributed by atoms with Crippen molar-refractivity contribution in [3.63, 3.8) is 0 Å². The number of hydrogen-bond acceptors (Lipinski definition) is 12. The van der Waals surface area contributed by atoms with Crippen LogP contribution in [-0.4, -0.2) is 79.7 Å². The summed E-state index contributed by atoms with van der Waals surface area (Å²) >= 11 is 0. The van der Waals surface area contributed by atoms with Crippen LogP contribution in [0.2, 0.25) is 0 Å². The van der Waals surface area contributed by atoms with Gasteiger partial charge in [0.25, 0.3) is 5.56 Å². The number of nitrogens with zero attached hydrogens (tertiary/aromatic N) is 3. The van der Waals surface area contributed by atoms with Crippen LogP contribution in [0.15, 0.2) is 4.79 Å². The molecule has 8 N–H and O–H groups in total. The molecule has 0 radical (unpaired) electrons. The molecule has 1 unspecified atom stereocenters. The van der Waals surface area contributed by atoms with Crippen molar-refractivity contribution in [3.05, 3.63) is 10.4 Å². The molecule has 0 aliphatic carbocycles. The summed E-state index contributed by atoms with van der Waals surface area (Å²) in [4.78, 5) is 47.8. The Bertz CT molecular complexity index is 936. The van der Waals surface area contributed by atoms with Crippen LogP contribution in [0.25, 0.3) is 0 Å². The van der Waals surface area contributed by atoms with E-state index in [4.69, 9.17) is 20.3 Å². The molecular formula is C11H19N5O11P2. The van der Waals surface area contributed by atoms with Crippen molar-refractivity contribution in [2.75, 3.05) is 35.9 Å². The predicted octanol–water partition coefficient (Wildman–Crippen LogP) is -2.76. The topological polar surface area (TPSA) is 241 Å². The third kappa shape index (κ3) is 4.62. The van der Waals surface area contributed by atoms with Crippen LogP contribution >= 0.6 is 15.6 Å². The van der Waals surface area contributed by atoms with Crippen molar-refractivity contribution in [3.8, 4) is 0 Å². The molecule has 2 aliphatic heterocycles. The molecule has 3 rings (SSSR count). The van der Waals surface area contributed by atoms with Gasteiger partial charge in [0.2, 0.25) is 5.95 Å². The van der Waals surface area contributed by atoms with Gasteiger partial charge in [0.05, 0.1) is 13.3 Å². The number of nitrogen functional groups attached to an aromatic ring is 1. The molecule has 1 aromatic rings. The Morgan fingerprint density at radius 2 is 1.97 bits per heavy atom. The highest BCUT2D eigenvalue weighted by molar-refractivity contribution is 7.60. The Kier molecular flexibility index (Phi) is 5.79. The number of aliphatic hydroxyl groups is 2. The summed E-state index contributed by atoms with van der Waals surface area (Å²) in [7, 11) is -8.91. The molecule has 0 spiro atoms. The molecule has 18 heteroatoms. The van der Waals surface area contributed by atoms with E-state index < -0.39 is 52.4 Å². The Morgan fingerprint density at radius 1 is 1.31 bits per heavy atom. The van der Waals surface area contributed by atoms with Crippen LogP contribution < -0.4 is 21.1 Å². The molecule has 0 saturated carbocycles. The molecule has 1 fully saturated rings. The van der Waals surface area contributed by atoms with Crippen LogP contribution in [0.1, 0.15) is 0 Å². The summed E-state index contributed by atoms with van der Waals surface area (Å²) in [5.41, 5.74) is 5.18. The van der Waals surface area contributed by atoms with E-state index in [1.54, 1.807) is 7.05 Å². The smallest absolute Gasteiger partial charge is 0.387 e. The number of fused-ring (bicyclic) bond motifs is 1. The van der Waals surface area contributed by atoms with Crippen LogP contribution in [0, 0.1) is 0 Å². The number of aliphatic hydroxyl groups excluding tert-OH is 2. The highest BCUT2D eigenvalue weighted by atomic mass is 31.3. The van der Waals surface area contributed by atoms with E-state index >= 15 is 0 Å². The third-order valence-electron chi connectivity index (χ3n) is 4.17. The fraction of sp³-hybridized carbons (Fsp3) is 0.636. The molecule has 5 atom stereocenters. The van der Waals surface area contributed by atoms with E-state index in [-0.39, 0.29) is 24.1 Å². The number of rotatable bonds is 6. The van der Waals surface area contributed by atoms with Crippen LogP contribution in [0.5, 0.6) is 0 Å². The molecule has 1 aromatic heterocycles. The first kappa shape index (κ1) is 22.1. The largest absolute Gasteiger partial charge is 0.481 e. The highest BCUT2D eigenvalue weighted by Gasteiger charge is 2.49. The zero-order chi connectivity index (χ0) is 21.7. The van der Waals surface area contributed by atoms with Gasteiger partial charge in [0.1, 0.15) is 24.0 Å².